The highest BCUT2D eigenvalue weighted by Crippen LogP contribution is 2.40. The number of carbonyl (C=O) groups is 1. The molecule has 0 aliphatic carbocycles. The predicted molar refractivity (Wildman–Crippen MR) is 123 cm³/mol. The predicted octanol–water partition coefficient (Wildman–Crippen LogP) is 5.02. The van der Waals surface area contributed by atoms with E-state index >= 15 is 0 Å². The van der Waals surface area contributed by atoms with Crippen molar-refractivity contribution in [2.24, 2.45) is 5.92 Å². The average Bonchev–Trinajstić information content (AvgIpc) is 3.23. The third-order valence-electron chi connectivity index (χ3n) is 6.71. The number of fused-ring (bicyclic) bond motifs is 2. The Kier molecular flexibility index (Phi) is 4.27. The number of aromatic nitrogens is 1. The van der Waals surface area contributed by atoms with E-state index in [1.807, 2.05) is 48.5 Å². The molecule has 2 aliphatic rings. The monoisotopic (exact) mass is 409 g/mol. The molecule has 2 unspecified atom stereocenters. The zero-order chi connectivity index (χ0) is 20.8. The summed E-state index contributed by atoms with van der Waals surface area (Å²) in [5.41, 5.74) is 5.55. The van der Waals surface area contributed by atoms with E-state index in [-0.39, 0.29) is 0 Å². The molecule has 1 aromatic heterocycles. The summed E-state index contributed by atoms with van der Waals surface area (Å²) in [6.45, 7) is 2.81. The Morgan fingerprint density at radius 1 is 0.935 bits per heavy atom. The second-order valence-electron chi connectivity index (χ2n) is 8.40. The first-order chi connectivity index (χ1) is 15.3. The van der Waals surface area contributed by atoms with E-state index in [0.29, 0.717) is 18.0 Å². The molecule has 4 aromatic rings. The fraction of sp³-hybridized carbons (Fsp3) is 0.231. The summed E-state index contributed by atoms with van der Waals surface area (Å²) < 4.78 is 6.02. The molecular formula is C26H23N3O2. The topological polar surface area (TPSA) is 49.6 Å². The van der Waals surface area contributed by atoms with Crippen molar-refractivity contribution in [1.82, 2.24) is 4.98 Å². The Labute approximate surface area is 180 Å². The molecular weight excluding hydrogens is 386 g/mol. The number of para-hydroxylation sites is 2. The molecule has 0 saturated carbocycles. The molecule has 0 spiro atoms. The van der Waals surface area contributed by atoms with Crippen molar-refractivity contribution in [3.63, 3.8) is 0 Å². The van der Waals surface area contributed by atoms with Crippen LogP contribution in [0.5, 0.6) is 0 Å². The first-order valence-electron chi connectivity index (χ1n) is 10.8. The molecule has 0 bridgehead atoms. The Balaban J connectivity index is 1.30. The summed E-state index contributed by atoms with van der Waals surface area (Å²) in [5.74, 6) is 0.642. The van der Waals surface area contributed by atoms with Gasteiger partial charge in [0.25, 0.3) is 6.01 Å². The minimum atomic E-state index is 0.349. The molecule has 2 fully saturated rings. The fourth-order valence-corrected chi connectivity index (χ4v) is 5.04. The summed E-state index contributed by atoms with van der Waals surface area (Å²) >= 11 is 0. The normalized spacial score (nSPS) is 20.4. The maximum absolute atomic E-state index is 12.1. The average molecular weight is 409 g/mol. The zero-order valence-corrected chi connectivity index (χ0v) is 17.1. The first kappa shape index (κ1) is 18.2. The lowest BCUT2D eigenvalue weighted by Crippen LogP contribution is -2.64. The third kappa shape index (κ3) is 3.00. The third-order valence-corrected chi connectivity index (χ3v) is 6.71. The number of oxazole rings is 1. The Morgan fingerprint density at radius 2 is 1.77 bits per heavy atom. The van der Waals surface area contributed by atoms with Crippen LogP contribution < -0.4 is 9.80 Å². The number of benzene rings is 3. The van der Waals surface area contributed by atoms with E-state index in [0.717, 1.165) is 65.8 Å². The van der Waals surface area contributed by atoms with E-state index in [1.54, 1.807) is 0 Å². The van der Waals surface area contributed by atoms with Crippen LogP contribution in [0.3, 0.4) is 0 Å². The van der Waals surface area contributed by atoms with Crippen molar-refractivity contribution in [3.8, 4) is 11.1 Å². The smallest absolute Gasteiger partial charge is 0.298 e. The lowest BCUT2D eigenvalue weighted by molar-refractivity contribution is 0.112. The van der Waals surface area contributed by atoms with Crippen LogP contribution in [0.15, 0.2) is 77.2 Å². The highest BCUT2D eigenvalue weighted by atomic mass is 16.4. The van der Waals surface area contributed by atoms with Crippen LogP contribution in [0, 0.1) is 5.92 Å². The molecule has 5 heteroatoms. The van der Waals surface area contributed by atoms with Crippen LogP contribution in [-0.2, 0) is 0 Å². The summed E-state index contributed by atoms with van der Waals surface area (Å²) in [4.78, 5) is 21.5. The van der Waals surface area contributed by atoms with E-state index in [4.69, 9.17) is 9.40 Å². The van der Waals surface area contributed by atoms with Crippen molar-refractivity contribution in [1.29, 1.82) is 0 Å². The van der Waals surface area contributed by atoms with Gasteiger partial charge in [0.15, 0.2) is 11.9 Å². The highest BCUT2D eigenvalue weighted by Gasteiger charge is 2.45. The molecule has 0 radical (unpaired) electrons. The van der Waals surface area contributed by atoms with Gasteiger partial charge in [-0.15, -0.1) is 0 Å². The van der Waals surface area contributed by atoms with Crippen LogP contribution in [0.1, 0.15) is 16.8 Å². The maximum atomic E-state index is 12.1. The maximum Gasteiger partial charge on any atom is 0.298 e. The number of anilines is 2. The number of hydrogen-bond acceptors (Lipinski definition) is 5. The van der Waals surface area contributed by atoms with Crippen molar-refractivity contribution < 1.29 is 9.21 Å². The van der Waals surface area contributed by atoms with Gasteiger partial charge in [0, 0.05) is 36.8 Å². The van der Waals surface area contributed by atoms with Gasteiger partial charge in [0.2, 0.25) is 0 Å². The van der Waals surface area contributed by atoms with Crippen LogP contribution in [0.2, 0.25) is 0 Å². The van der Waals surface area contributed by atoms with Gasteiger partial charge in [-0.05, 0) is 35.7 Å². The summed E-state index contributed by atoms with van der Waals surface area (Å²) in [7, 11) is 0. The highest BCUT2D eigenvalue weighted by molar-refractivity contribution is 5.95. The van der Waals surface area contributed by atoms with Crippen molar-refractivity contribution in [3.05, 3.63) is 78.4 Å². The van der Waals surface area contributed by atoms with Crippen molar-refractivity contribution in [2.75, 3.05) is 29.4 Å². The molecule has 2 saturated heterocycles. The number of carbonyl (C=O) groups excluding carboxylic acids is 1. The van der Waals surface area contributed by atoms with Crippen LogP contribution in [0.25, 0.3) is 22.2 Å². The number of hydrogen-bond donors (Lipinski definition) is 0. The number of nitrogens with zero attached hydrogens (tertiary/aromatic N) is 3. The quantitative estimate of drug-likeness (QED) is 0.443. The standard InChI is InChI=1S/C26H23N3O2/c30-17-21-20(18-7-2-1-3-8-18)9-6-11-23(21)28-14-13-19-15-29(24(19)16-28)26-27-22-10-4-5-12-25(22)31-26/h1-12,17,19,24H,13-16H2. The van der Waals surface area contributed by atoms with Crippen LogP contribution in [-0.4, -0.2) is 36.9 Å². The summed E-state index contributed by atoms with van der Waals surface area (Å²) in [6, 6.07) is 25.2. The van der Waals surface area contributed by atoms with Gasteiger partial charge in [-0.2, -0.15) is 4.98 Å². The van der Waals surface area contributed by atoms with E-state index in [1.165, 1.54) is 0 Å². The molecule has 0 N–H and O–H groups in total. The molecule has 3 heterocycles. The van der Waals surface area contributed by atoms with Crippen LogP contribution in [0.4, 0.5) is 11.7 Å². The van der Waals surface area contributed by atoms with E-state index in [9.17, 15) is 4.79 Å². The van der Waals surface area contributed by atoms with Gasteiger partial charge in [-0.25, -0.2) is 0 Å². The SMILES string of the molecule is O=Cc1c(-c2ccccc2)cccc1N1CCC2CN(c3nc4ccccc4o3)C2C1. The lowest BCUT2D eigenvalue weighted by atomic mass is 9.82. The summed E-state index contributed by atoms with van der Waals surface area (Å²) in [6.07, 6.45) is 2.11. The van der Waals surface area contributed by atoms with Gasteiger partial charge in [0.05, 0.1) is 6.04 Å². The molecule has 2 atom stereocenters. The van der Waals surface area contributed by atoms with Crippen molar-refractivity contribution >= 4 is 29.1 Å². The zero-order valence-electron chi connectivity index (χ0n) is 17.1. The molecule has 6 rings (SSSR count). The molecule has 154 valence electrons. The van der Waals surface area contributed by atoms with Gasteiger partial charge < -0.3 is 14.2 Å². The fourth-order valence-electron chi connectivity index (χ4n) is 5.04. The van der Waals surface area contributed by atoms with Gasteiger partial charge in [-0.3, -0.25) is 4.79 Å². The minimum Gasteiger partial charge on any atom is -0.423 e. The molecule has 3 aromatic carbocycles. The molecule has 2 aliphatic heterocycles. The number of aldehydes is 1. The Hall–Kier alpha value is -3.60. The second-order valence-corrected chi connectivity index (χ2v) is 8.40. The Bertz CT molecular complexity index is 1220. The number of piperidine rings is 1. The van der Waals surface area contributed by atoms with Gasteiger partial charge >= 0.3 is 0 Å². The molecule has 5 nitrogen and oxygen atoms in total. The minimum absolute atomic E-state index is 0.349. The van der Waals surface area contributed by atoms with Gasteiger partial charge in [0.1, 0.15) is 5.52 Å². The summed E-state index contributed by atoms with van der Waals surface area (Å²) in [5, 5.41) is 0. The largest absolute Gasteiger partial charge is 0.423 e. The molecule has 0 amide bonds. The first-order valence-corrected chi connectivity index (χ1v) is 10.8. The second kappa shape index (κ2) is 7.27. The van der Waals surface area contributed by atoms with Crippen molar-refractivity contribution in [2.45, 2.75) is 12.5 Å². The van der Waals surface area contributed by atoms with E-state index < -0.39 is 0 Å². The van der Waals surface area contributed by atoms with E-state index in [2.05, 4.69) is 34.1 Å². The van der Waals surface area contributed by atoms with Gasteiger partial charge in [-0.1, -0.05) is 54.6 Å². The van der Waals surface area contributed by atoms with Crippen LogP contribution >= 0.6 is 0 Å². The molecule has 31 heavy (non-hydrogen) atoms. The lowest BCUT2D eigenvalue weighted by Gasteiger charge is -2.53. The number of rotatable bonds is 4. The Morgan fingerprint density at radius 3 is 2.61 bits per heavy atom.